The summed E-state index contributed by atoms with van der Waals surface area (Å²) >= 11 is 1.43. The molecule has 1 fully saturated rings. The Kier molecular flexibility index (Phi) is 5.33. The van der Waals surface area contributed by atoms with E-state index in [1.807, 2.05) is 12.1 Å². The standard InChI is InChI=1S/C21H19N5O5S/c27-20(9-13-12-22-17-4-2-15(11-16(13)17)31-26(28)29)24-21-23-18-3-1-14(10-19(18)32-21)25-5-7-30-8-6-25/h1-4,10-12,22H,5-9H2,(H,23,24,27). The van der Waals surface area contributed by atoms with Crippen LogP contribution < -0.4 is 15.1 Å². The lowest BCUT2D eigenvalue weighted by atomic mass is 10.1. The molecule has 0 saturated carbocycles. The van der Waals surface area contributed by atoms with E-state index in [1.54, 1.807) is 18.3 Å². The Balaban J connectivity index is 1.31. The number of hydrogen-bond donors (Lipinski definition) is 2. The summed E-state index contributed by atoms with van der Waals surface area (Å²) in [5.74, 6) is -0.120. The van der Waals surface area contributed by atoms with Gasteiger partial charge in [0.1, 0.15) is 5.75 Å². The molecule has 2 aromatic carbocycles. The van der Waals surface area contributed by atoms with E-state index < -0.39 is 5.09 Å². The molecule has 0 unspecified atom stereocenters. The number of benzene rings is 2. The van der Waals surface area contributed by atoms with Gasteiger partial charge in [-0.3, -0.25) is 9.63 Å². The number of fused-ring (bicyclic) bond motifs is 2. The molecule has 1 amide bonds. The maximum absolute atomic E-state index is 12.7. The molecule has 10 nitrogen and oxygen atoms in total. The number of carbonyl (C=O) groups excluding carboxylic acids is 1. The second-order valence-corrected chi connectivity index (χ2v) is 8.36. The van der Waals surface area contributed by atoms with E-state index in [9.17, 15) is 14.9 Å². The van der Waals surface area contributed by atoms with Crippen LogP contribution >= 0.6 is 11.3 Å². The summed E-state index contributed by atoms with van der Waals surface area (Å²) in [5.41, 5.74) is 3.42. The van der Waals surface area contributed by atoms with Gasteiger partial charge in [0.25, 0.3) is 5.09 Å². The zero-order chi connectivity index (χ0) is 22.1. The number of thiazole rings is 1. The second kappa shape index (κ2) is 8.44. The maximum atomic E-state index is 12.7. The van der Waals surface area contributed by atoms with E-state index in [-0.39, 0.29) is 18.1 Å². The number of aromatic nitrogens is 2. The number of anilines is 2. The summed E-state index contributed by atoms with van der Waals surface area (Å²) in [7, 11) is 0. The Bertz CT molecular complexity index is 1310. The number of rotatable bonds is 6. The molecule has 1 aliphatic rings. The number of aromatic amines is 1. The molecule has 1 aliphatic heterocycles. The van der Waals surface area contributed by atoms with E-state index in [1.165, 1.54) is 17.4 Å². The normalized spacial score (nSPS) is 14.1. The number of H-pyrrole nitrogens is 1. The van der Waals surface area contributed by atoms with Crippen LogP contribution in [0, 0.1) is 10.1 Å². The maximum Gasteiger partial charge on any atom is 0.299 e. The lowest BCUT2D eigenvalue weighted by Crippen LogP contribution is -2.36. The van der Waals surface area contributed by atoms with Crippen LogP contribution in [0.1, 0.15) is 5.56 Å². The topological polar surface area (TPSA) is 123 Å². The van der Waals surface area contributed by atoms with Crippen LogP contribution in [0.4, 0.5) is 10.8 Å². The van der Waals surface area contributed by atoms with E-state index in [2.05, 4.69) is 31.1 Å². The van der Waals surface area contributed by atoms with Crippen LogP contribution in [0.3, 0.4) is 0 Å². The van der Waals surface area contributed by atoms with Crippen LogP contribution in [-0.2, 0) is 16.0 Å². The first-order valence-corrected chi connectivity index (χ1v) is 10.8. The largest absolute Gasteiger partial charge is 0.378 e. The Labute approximate surface area is 185 Å². The first-order valence-electron chi connectivity index (χ1n) is 10.0. The molecule has 32 heavy (non-hydrogen) atoms. The number of nitrogens with one attached hydrogen (secondary N) is 2. The summed E-state index contributed by atoms with van der Waals surface area (Å²) in [4.78, 5) is 37.6. The highest BCUT2D eigenvalue weighted by Gasteiger charge is 2.15. The van der Waals surface area contributed by atoms with Gasteiger partial charge in [-0.05, 0) is 42.0 Å². The molecule has 0 atom stereocenters. The lowest BCUT2D eigenvalue weighted by Gasteiger charge is -2.28. The molecule has 4 aromatic rings. The fraction of sp³-hybridized carbons (Fsp3) is 0.238. The third-order valence-corrected chi connectivity index (χ3v) is 6.20. The van der Waals surface area contributed by atoms with Gasteiger partial charge in [-0.2, -0.15) is 0 Å². The lowest BCUT2D eigenvalue weighted by molar-refractivity contribution is -0.711. The summed E-state index contributed by atoms with van der Waals surface area (Å²) in [5, 5.41) is 13.8. The van der Waals surface area contributed by atoms with E-state index >= 15 is 0 Å². The molecule has 1 saturated heterocycles. The summed E-state index contributed by atoms with van der Waals surface area (Å²) in [6.45, 7) is 3.14. The van der Waals surface area contributed by atoms with Gasteiger partial charge in [-0.25, -0.2) is 4.98 Å². The fourth-order valence-electron chi connectivity index (χ4n) is 3.77. The average molecular weight is 453 g/mol. The van der Waals surface area contributed by atoms with Gasteiger partial charge >= 0.3 is 0 Å². The number of carbonyl (C=O) groups is 1. The van der Waals surface area contributed by atoms with Crippen LogP contribution in [0.5, 0.6) is 5.75 Å². The Hall–Kier alpha value is -3.70. The molecule has 164 valence electrons. The van der Waals surface area contributed by atoms with Crippen molar-refractivity contribution in [3.05, 3.63) is 58.3 Å². The third kappa shape index (κ3) is 4.20. The average Bonchev–Trinajstić information content (AvgIpc) is 3.36. The zero-order valence-electron chi connectivity index (χ0n) is 16.9. The van der Waals surface area contributed by atoms with Gasteiger partial charge in [0.2, 0.25) is 5.91 Å². The molecule has 2 N–H and O–H groups in total. The first-order chi connectivity index (χ1) is 15.5. The van der Waals surface area contributed by atoms with Crippen LogP contribution in [0.25, 0.3) is 21.1 Å². The van der Waals surface area contributed by atoms with Gasteiger partial charge < -0.3 is 19.9 Å². The smallest absolute Gasteiger partial charge is 0.299 e. The van der Waals surface area contributed by atoms with E-state index in [4.69, 9.17) is 4.74 Å². The highest BCUT2D eigenvalue weighted by atomic mass is 32.1. The summed E-state index contributed by atoms with van der Waals surface area (Å²) in [6.07, 6.45) is 1.81. The third-order valence-electron chi connectivity index (χ3n) is 5.26. The Morgan fingerprint density at radius 2 is 2.12 bits per heavy atom. The van der Waals surface area contributed by atoms with Crippen molar-refractivity contribution in [2.75, 3.05) is 36.5 Å². The number of ether oxygens (including phenoxy) is 1. The number of amides is 1. The minimum absolute atomic E-state index is 0.0941. The van der Waals surface area contributed by atoms with Crippen molar-refractivity contribution in [3.8, 4) is 5.75 Å². The first kappa shape index (κ1) is 20.2. The van der Waals surface area contributed by atoms with Crippen molar-refractivity contribution < 1.29 is 19.5 Å². The molecule has 3 heterocycles. The monoisotopic (exact) mass is 453 g/mol. The predicted octanol–water partition coefficient (Wildman–Crippen LogP) is 3.37. The van der Waals surface area contributed by atoms with Crippen molar-refractivity contribution in [1.29, 1.82) is 0 Å². The van der Waals surface area contributed by atoms with E-state index in [0.29, 0.717) is 16.1 Å². The molecule has 11 heteroatoms. The highest BCUT2D eigenvalue weighted by Crippen LogP contribution is 2.30. The van der Waals surface area contributed by atoms with Crippen molar-refractivity contribution in [1.82, 2.24) is 9.97 Å². The van der Waals surface area contributed by atoms with Gasteiger partial charge in [-0.1, -0.05) is 11.3 Å². The molecule has 0 radical (unpaired) electrons. The molecule has 2 aromatic heterocycles. The van der Waals surface area contributed by atoms with Crippen molar-refractivity contribution in [3.63, 3.8) is 0 Å². The summed E-state index contributed by atoms with van der Waals surface area (Å²) < 4.78 is 6.41. The fourth-order valence-corrected chi connectivity index (χ4v) is 4.68. The molecule has 0 spiro atoms. The summed E-state index contributed by atoms with van der Waals surface area (Å²) in [6, 6.07) is 10.8. The molecule has 5 rings (SSSR count). The van der Waals surface area contributed by atoms with Gasteiger partial charge in [0.05, 0.1) is 29.9 Å². The number of morpholine rings is 1. The minimum atomic E-state index is -0.863. The minimum Gasteiger partial charge on any atom is -0.378 e. The van der Waals surface area contributed by atoms with Crippen molar-refractivity contribution in [2.24, 2.45) is 0 Å². The van der Waals surface area contributed by atoms with Gasteiger partial charge in [-0.15, -0.1) is 10.1 Å². The number of hydrogen-bond acceptors (Lipinski definition) is 8. The van der Waals surface area contributed by atoms with Gasteiger partial charge in [0.15, 0.2) is 5.13 Å². The van der Waals surface area contributed by atoms with Gasteiger partial charge in [0, 0.05) is 35.9 Å². The predicted molar refractivity (Wildman–Crippen MR) is 121 cm³/mol. The quantitative estimate of drug-likeness (QED) is 0.339. The Morgan fingerprint density at radius 1 is 1.28 bits per heavy atom. The second-order valence-electron chi connectivity index (χ2n) is 7.33. The highest BCUT2D eigenvalue weighted by molar-refractivity contribution is 7.22. The molecule has 0 aliphatic carbocycles. The van der Waals surface area contributed by atoms with Crippen LogP contribution in [0.2, 0.25) is 0 Å². The van der Waals surface area contributed by atoms with Crippen LogP contribution in [-0.4, -0.2) is 47.3 Å². The number of nitrogens with zero attached hydrogens (tertiary/aromatic N) is 3. The van der Waals surface area contributed by atoms with Crippen LogP contribution in [0.15, 0.2) is 42.6 Å². The van der Waals surface area contributed by atoms with Crippen molar-refractivity contribution in [2.45, 2.75) is 6.42 Å². The molecule has 0 bridgehead atoms. The zero-order valence-corrected chi connectivity index (χ0v) is 17.7. The molecular weight excluding hydrogens is 434 g/mol. The van der Waals surface area contributed by atoms with Crippen molar-refractivity contribution >= 4 is 49.2 Å². The van der Waals surface area contributed by atoms with E-state index in [0.717, 1.165) is 47.7 Å². The Morgan fingerprint density at radius 3 is 2.94 bits per heavy atom. The molecular formula is C21H19N5O5S. The SMILES string of the molecule is O=C(Cc1c[nH]c2ccc(O[N+](=O)[O-])cc12)Nc1nc2ccc(N3CCOCC3)cc2s1.